The second-order valence-electron chi connectivity index (χ2n) is 15.7. The number of imide groups is 1. The van der Waals surface area contributed by atoms with Crippen LogP contribution in [-0.2, 0) is 16.1 Å². The minimum atomic E-state index is -0.600. The lowest BCUT2D eigenvalue weighted by Crippen LogP contribution is -2.55. The van der Waals surface area contributed by atoms with E-state index < -0.39 is 6.04 Å². The third kappa shape index (κ3) is 6.31. The molecule has 2 aromatic carbocycles. The van der Waals surface area contributed by atoms with E-state index in [2.05, 4.69) is 48.1 Å². The van der Waals surface area contributed by atoms with Crippen LogP contribution >= 0.6 is 0 Å². The van der Waals surface area contributed by atoms with Gasteiger partial charge >= 0.3 is 0 Å². The lowest BCUT2D eigenvalue weighted by atomic mass is 9.97. The average Bonchev–Trinajstić information content (AvgIpc) is 3.94. The number of carbonyl (C=O) groups excluding carboxylic acids is 3. The van der Waals surface area contributed by atoms with Gasteiger partial charge in [-0.3, -0.25) is 24.6 Å². The molecule has 286 valence electrons. The Labute approximate surface area is 323 Å². The molecule has 14 heteroatoms. The third-order valence-electron chi connectivity index (χ3n) is 12.2. The van der Waals surface area contributed by atoms with Gasteiger partial charge in [0.05, 0.1) is 17.9 Å². The Bertz CT molecular complexity index is 2350. The predicted molar refractivity (Wildman–Crippen MR) is 209 cm³/mol. The number of nitrogens with one attached hydrogen (secondary N) is 1. The molecule has 2 atom stereocenters. The van der Waals surface area contributed by atoms with E-state index in [0.29, 0.717) is 24.4 Å². The van der Waals surface area contributed by atoms with Crippen molar-refractivity contribution in [2.75, 3.05) is 67.1 Å². The number of fused-ring (bicyclic) bond motifs is 2. The first-order chi connectivity index (χ1) is 27.3. The van der Waals surface area contributed by atoms with Crippen molar-refractivity contribution in [3.8, 4) is 11.4 Å². The molecule has 5 aromatic rings. The van der Waals surface area contributed by atoms with Gasteiger partial charge < -0.3 is 19.6 Å². The van der Waals surface area contributed by atoms with Gasteiger partial charge in [-0.1, -0.05) is 24.3 Å². The van der Waals surface area contributed by atoms with Gasteiger partial charge in [-0.15, -0.1) is 5.10 Å². The van der Waals surface area contributed by atoms with Crippen LogP contribution in [0.25, 0.3) is 17.0 Å². The fourth-order valence-electron chi connectivity index (χ4n) is 9.20. The minimum Gasteiger partial charge on any atom is -0.371 e. The Morgan fingerprint density at radius 3 is 2.50 bits per heavy atom. The molecule has 13 nitrogen and oxygen atoms in total. The molecule has 5 aliphatic heterocycles. The highest BCUT2D eigenvalue weighted by Gasteiger charge is 2.40. The summed E-state index contributed by atoms with van der Waals surface area (Å²) in [6.07, 6.45) is 4.42. The van der Waals surface area contributed by atoms with Gasteiger partial charge in [0.25, 0.3) is 5.91 Å². The van der Waals surface area contributed by atoms with E-state index in [-0.39, 0.29) is 36.0 Å². The number of rotatable bonds is 8. The van der Waals surface area contributed by atoms with E-state index in [1.807, 2.05) is 47.1 Å². The summed E-state index contributed by atoms with van der Waals surface area (Å²) in [4.78, 5) is 58.2. The maximum atomic E-state index is 14.1. The van der Waals surface area contributed by atoms with Gasteiger partial charge in [0, 0.05) is 82.5 Å². The zero-order valence-electron chi connectivity index (χ0n) is 31.1. The molecule has 2 unspecified atom stereocenters. The average molecular weight is 755 g/mol. The number of imidazole rings is 1. The van der Waals surface area contributed by atoms with E-state index in [1.54, 1.807) is 17.0 Å². The molecule has 1 N–H and O–H groups in total. The summed E-state index contributed by atoms with van der Waals surface area (Å²) in [5.41, 5.74) is 5.99. The molecule has 3 aromatic heterocycles. The summed E-state index contributed by atoms with van der Waals surface area (Å²) in [5, 5.41) is 7.41. The van der Waals surface area contributed by atoms with Crippen molar-refractivity contribution >= 4 is 40.7 Å². The van der Waals surface area contributed by atoms with E-state index in [0.717, 1.165) is 111 Å². The number of nitrogens with zero attached hydrogens (tertiary/aromatic N) is 9. The molecule has 0 aliphatic carbocycles. The van der Waals surface area contributed by atoms with Crippen molar-refractivity contribution in [3.63, 3.8) is 0 Å². The van der Waals surface area contributed by atoms with Gasteiger partial charge in [-0.25, -0.2) is 18.9 Å². The molecular formula is C42H43FN10O3. The van der Waals surface area contributed by atoms with Crippen LogP contribution in [0.3, 0.4) is 0 Å². The highest BCUT2D eigenvalue weighted by molar-refractivity contribution is 6.05. The van der Waals surface area contributed by atoms with Crippen LogP contribution in [0.5, 0.6) is 0 Å². The first-order valence-corrected chi connectivity index (χ1v) is 19.7. The Hall–Kier alpha value is -5.89. The number of pyridine rings is 1. The van der Waals surface area contributed by atoms with E-state index >= 15 is 0 Å². The Morgan fingerprint density at radius 1 is 0.804 bits per heavy atom. The Morgan fingerprint density at radius 2 is 1.66 bits per heavy atom. The maximum absolute atomic E-state index is 14.1. The van der Waals surface area contributed by atoms with Gasteiger partial charge in [0.15, 0.2) is 5.65 Å². The Kier molecular flexibility index (Phi) is 8.65. The van der Waals surface area contributed by atoms with Crippen molar-refractivity contribution < 1.29 is 18.8 Å². The molecule has 4 fully saturated rings. The largest absolute Gasteiger partial charge is 0.371 e. The van der Waals surface area contributed by atoms with Gasteiger partial charge in [0.1, 0.15) is 29.2 Å². The van der Waals surface area contributed by atoms with E-state index in [1.165, 1.54) is 6.07 Å². The standard InChI is InChI=1S/C42H43FN10O3/c43-30-5-1-4-28(20-30)34-7-3-15-51(34)39-13-12-37-44-22-36(53(37)47-39)33-6-2-8-38(45-33)49-18-16-48(17-19-49)23-27-24-50(25-27)31-10-9-29-26-52(42(56)32(29)21-31)35-11-14-40(54)46-41(35)55/h1-2,4-6,8-10,12-13,20-22,27,34-35H,3,7,11,14-19,23-26H2,(H,46,54,55). The third-order valence-corrected chi connectivity index (χ3v) is 12.2. The lowest BCUT2D eigenvalue weighted by molar-refractivity contribution is -0.136. The molecule has 8 heterocycles. The van der Waals surface area contributed by atoms with Crippen molar-refractivity contribution in [1.29, 1.82) is 0 Å². The van der Waals surface area contributed by atoms with E-state index in [4.69, 9.17) is 10.1 Å². The predicted octanol–water partition coefficient (Wildman–Crippen LogP) is 4.29. The van der Waals surface area contributed by atoms with Crippen molar-refractivity contribution in [3.05, 3.63) is 102 Å². The number of anilines is 3. The minimum absolute atomic E-state index is 0.0734. The van der Waals surface area contributed by atoms with Gasteiger partial charge in [-0.2, -0.15) is 0 Å². The van der Waals surface area contributed by atoms with Crippen LogP contribution in [0.15, 0.2) is 79.0 Å². The fraction of sp³-hybridized carbons (Fsp3) is 0.381. The molecule has 56 heavy (non-hydrogen) atoms. The molecule has 0 bridgehead atoms. The number of piperazine rings is 1. The van der Waals surface area contributed by atoms with Crippen LogP contribution in [0, 0.1) is 11.7 Å². The number of aromatic nitrogens is 4. The number of carbonyl (C=O) groups is 3. The first-order valence-electron chi connectivity index (χ1n) is 19.7. The normalized spacial score (nSPS) is 21.9. The van der Waals surface area contributed by atoms with Crippen LogP contribution in [0.1, 0.15) is 53.2 Å². The monoisotopic (exact) mass is 754 g/mol. The molecule has 0 saturated carbocycles. The molecular weight excluding hydrogens is 712 g/mol. The number of amides is 3. The highest BCUT2D eigenvalue weighted by atomic mass is 19.1. The quantitative estimate of drug-likeness (QED) is 0.230. The summed E-state index contributed by atoms with van der Waals surface area (Å²) >= 11 is 0. The number of benzene rings is 2. The van der Waals surface area contributed by atoms with Crippen LogP contribution < -0.4 is 20.0 Å². The van der Waals surface area contributed by atoms with Crippen molar-refractivity contribution in [2.24, 2.45) is 5.92 Å². The molecule has 0 radical (unpaired) electrons. The SMILES string of the molecule is O=C1CCC(N2Cc3ccc(N4CC(CN5CCN(c6cccc(-c7cnc8ccc(N9CCCC9c9cccc(F)c9)nn78)n6)CC5)C4)cc3C2=O)C(=O)N1. The molecule has 3 amide bonds. The summed E-state index contributed by atoms with van der Waals surface area (Å²) in [7, 11) is 0. The number of hydrogen-bond donors (Lipinski definition) is 1. The van der Waals surface area contributed by atoms with Crippen molar-refractivity contribution in [2.45, 2.75) is 44.3 Å². The van der Waals surface area contributed by atoms with Crippen LogP contribution in [0.2, 0.25) is 0 Å². The summed E-state index contributed by atoms with van der Waals surface area (Å²) in [6.45, 7) is 7.82. The molecule has 5 aliphatic rings. The Balaban J connectivity index is 0.750. The second kappa shape index (κ2) is 14.0. The topological polar surface area (TPSA) is 123 Å². The maximum Gasteiger partial charge on any atom is 0.255 e. The molecule has 10 rings (SSSR count). The summed E-state index contributed by atoms with van der Waals surface area (Å²) in [6, 6.07) is 22.5. The highest BCUT2D eigenvalue weighted by Crippen LogP contribution is 2.37. The van der Waals surface area contributed by atoms with E-state index in [9.17, 15) is 18.8 Å². The zero-order valence-corrected chi connectivity index (χ0v) is 31.1. The second-order valence-corrected chi connectivity index (χ2v) is 15.7. The van der Waals surface area contributed by atoms with Crippen LogP contribution in [0.4, 0.5) is 21.7 Å². The van der Waals surface area contributed by atoms with Crippen molar-refractivity contribution in [1.82, 2.24) is 34.7 Å². The fourth-order valence-corrected chi connectivity index (χ4v) is 9.20. The summed E-state index contributed by atoms with van der Waals surface area (Å²) in [5.74, 6) is 1.31. The smallest absolute Gasteiger partial charge is 0.255 e. The lowest BCUT2D eigenvalue weighted by Gasteiger charge is -2.45. The molecule has 4 saturated heterocycles. The molecule has 0 spiro atoms. The van der Waals surface area contributed by atoms with Crippen LogP contribution in [-0.4, -0.2) is 106 Å². The number of piperidine rings is 1. The summed E-state index contributed by atoms with van der Waals surface area (Å²) < 4.78 is 16.0. The first kappa shape index (κ1) is 34.6. The number of hydrogen-bond acceptors (Lipinski definition) is 10. The zero-order chi connectivity index (χ0) is 37.9. The number of halogens is 1. The van der Waals surface area contributed by atoms with Gasteiger partial charge in [0.2, 0.25) is 11.8 Å². The van der Waals surface area contributed by atoms with Gasteiger partial charge in [-0.05, 0) is 78.9 Å².